The zero-order chi connectivity index (χ0) is 17.1. The molecule has 0 unspecified atom stereocenters. The predicted molar refractivity (Wildman–Crippen MR) is 98.3 cm³/mol. The molecule has 1 aliphatic rings. The van der Waals surface area contributed by atoms with E-state index in [0.29, 0.717) is 5.92 Å². The lowest BCUT2D eigenvalue weighted by atomic mass is 9.74. The Morgan fingerprint density at radius 2 is 1.50 bits per heavy atom. The molecule has 0 spiro atoms. The van der Waals surface area contributed by atoms with E-state index in [0.717, 1.165) is 12.1 Å². The molecule has 2 aromatic rings. The Labute approximate surface area is 144 Å². The van der Waals surface area contributed by atoms with Crippen molar-refractivity contribution in [1.29, 1.82) is 0 Å². The van der Waals surface area contributed by atoms with Crippen LogP contribution in [0.3, 0.4) is 0 Å². The molecule has 3 heteroatoms. The van der Waals surface area contributed by atoms with Crippen LogP contribution in [0.25, 0.3) is 0 Å². The molecule has 0 amide bonds. The van der Waals surface area contributed by atoms with Crippen LogP contribution in [-0.2, 0) is 0 Å². The van der Waals surface area contributed by atoms with Crippen molar-refractivity contribution in [2.75, 3.05) is 7.05 Å². The summed E-state index contributed by atoms with van der Waals surface area (Å²) in [5, 5.41) is 13.4. The van der Waals surface area contributed by atoms with Gasteiger partial charge in [0.2, 0.25) is 0 Å². The standard InChI is InChI=1S/C21H26N2O/c1-15(2)20-18(22-24)14-19(16-10-6-4-7-11-16)23(3)21(20)17-12-8-5-9-13-17/h4-13,15,19-21,24H,14H2,1-3H3/b22-18+/t19-,20+,21-/m1/s1. The number of oxime groups is 1. The van der Waals surface area contributed by atoms with E-state index in [1.54, 1.807) is 0 Å². The monoisotopic (exact) mass is 322 g/mol. The van der Waals surface area contributed by atoms with Crippen molar-refractivity contribution in [3.05, 3.63) is 71.8 Å². The largest absolute Gasteiger partial charge is 0.411 e. The lowest BCUT2D eigenvalue weighted by molar-refractivity contribution is 0.103. The molecule has 0 aromatic heterocycles. The molecule has 1 saturated heterocycles. The van der Waals surface area contributed by atoms with Crippen LogP contribution in [-0.4, -0.2) is 22.9 Å². The van der Waals surface area contributed by atoms with E-state index < -0.39 is 0 Å². The molecule has 3 nitrogen and oxygen atoms in total. The van der Waals surface area contributed by atoms with Gasteiger partial charge in [0, 0.05) is 24.4 Å². The van der Waals surface area contributed by atoms with E-state index in [1.807, 2.05) is 12.1 Å². The van der Waals surface area contributed by atoms with E-state index in [4.69, 9.17) is 0 Å². The Hall–Kier alpha value is -2.13. The van der Waals surface area contributed by atoms with Crippen molar-refractivity contribution >= 4 is 5.71 Å². The number of hydrogen-bond donors (Lipinski definition) is 1. The summed E-state index contributed by atoms with van der Waals surface area (Å²) in [6, 6.07) is 21.5. The Balaban J connectivity index is 2.06. The van der Waals surface area contributed by atoms with Crippen LogP contribution in [0.5, 0.6) is 0 Å². The van der Waals surface area contributed by atoms with Gasteiger partial charge in [0.1, 0.15) is 0 Å². The highest BCUT2D eigenvalue weighted by Crippen LogP contribution is 2.45. The van der Waals surface area contributed by atoms with E-state index in [1.165, 1.54) is 11.1 Å². The van der Waals surface area contributed by atoms with Crippen LogP contribution in [0.4, 0.5) is 0 Å². The number of likely N-dealkylation sites (tertiary alicyclic amines) is 1. The zero-order valence-electron chi connectivity index (χ0n) is 14.6. The van der Waals surface area contributed by atoms with Gasteiger partial charge in [-0.2, -0.15) is 0 Å². The molecule has 1 fully saturated rings. The molecule has 0 bridgehead atoms. The van der Waals surface area contributed by atoms with Crippen molar-refractivity contribution in [3.63, 3.8) is 0 Å². The van der Waals surface area contributed by atoms with Crippen LogP contribution >= 0.6 is 0 Å². The van der Waals surface area contributed by atoms with E-state index in [9.17, 15) is 5.21 Å². The van der Waals surface area contributed by atoms with Gasteiger partial charge in [0.25, 0.3) is 0 Å². The van der Waals surface area contributed by atoms with Gasteiger partial charge in [-0.05, 0) is 24.1 Å². The SMILES string of the molecule is CC(C)[C@H]1/C(=N/O)C[C@H](c2ccccc2)N(C)[C@@H]1c1ccccc1. The first-order valence-electron chi connectivity index (χ1n) is 8.66. The van der Waals surface area contributed by atoms with Gasteiger partial charge in [-0.3, -0.25) is 4.90 Å². The maximum absolute atomic E-state index is 9.70. The summed E-state index contributed by atoms with van der Waals surface area (Å²) >= 11 is 0. The molecule has 3 rings (SSSR count). The number of piperidine rings is 1. The third kappa shape index (κ3) is 3.09. The van der Waals surface area contributed by atoms with Crippen LogP contribution in [0, 0.1) is 11.8 Å². The highest BCUT2D eigenvalue weighted by Gasteiger charge is 2.42. The number of hydrogen-bond acceptors (Lipinski definition) is 3. The third-order valence-corrected chi connectivity index (χ3v) is 5.23. The molecule has 0 aliphatic carbocycles. The van der Waals surface area contributed by atoms with Crippen LogP contribution in [0.15, 0.2) is 65.8 Å². The number of rotatable bonds is 3. The Morgan fingerprint density at radius 1 is 0.958 bits per heavy atom. The van der Waals surface area contributed by atoms with Gasteiger partial charge in [-0.15, -0.1) is 0 Å². The van der Waals surface area contributed by atoms with Crippen molar-refractivity contribution in [1.82, 2.24) is 4.90 Å². The summed E-state index contributed by atoms with van der Waals surface area (Å²) in [5.41, 5.74) is 3.45. The molecule has 1 N–H and O–H groups in total. The summed E-state index contributed by atoms with van der Waals surface area (Å²) in [5.74, 6) is 0.614. The summed E-state index contributed by atoms with van der Waals surface area (Å²) < 4.78 is 0. The maximum Gasteiger partial charge on any atom is 0.0642 e. The Morgan fingerprint density at radius 3 is 2.00 bits per heavy atom. The molecule has 3 atom stereocenters. The van der Waals surface area contributed by atoms with Crippen LogP contribution in [0.2, 0.25) is 0 Å². The quantitative estimate of drug-likeness (QED) is 0.644. The second kappa shape index (κ2) is 7.18. The van der Waals surface area contributed by atoms with E-state index >= 15 is 0 Å². The van der Waals surface area contributed by atoms with Gasteiger partial charge < -0.3 is 5.21 Å². The fraction of sp³-hybridized carbons (Fsp3) is 0.381. The second-order valence-electron chi connectivity index (χ2n) is 7.01. The van der Waals surface area contributed by atoms with Gasteiger partial charge in [-0.25, -0.2) is 0 Å². The van der Waals surface area contributed by atoms with Gasteiger partial charge in [0.05, 0.1) is 5.71 Å². The van der Waals surface area contributed by atoms with E-state index in [2.05, 4.69) is 79.5 Å². The van der Waals surface area contributed by atoms with Crippen molar-refractivity contribution < 1.29 is 5.21 Å². The van der Waals surface area contributed by atoms with Crippen molar-refractivity contribution in [3.8, 4) is 0 Å². The van der Waals surface area contributed by atoms with Crippen molar-refractivity contribution in [2.45, 2.75) is 32.4 Å². The zero-order valence-corrected chi connectivity index (χ0v) is 14.6. The normalized spacial score (nSPS) is 26.8. The van der Waals surface area contributed by atoms with Gasteiger partial charge >= 0.3 is 0 Å². The van der Waals surface area contributed by atoms with Crippen molar-refractivity contribution in [2.24, 2.45) is 17.0 Å². The lowest BCUT2D eigenvalue weighted by Crippen LogP contribution is -2.45. The minimum atomic E-state index is 0.205. The van der Waals surface area contributed by atoms with Gasteiger partial charge in [0.15, 0.2) is 0 Å². The summed E-state index contributed by atoms with van der Waals surface area (Å²) in [7, 11) is 2.19. The highest BCUT2D eigenvalue weighted by atomic mass is 16.4. The topological polar surface area (TPSA) is 35.8 Å². The molecule has 0 saturated carbocycles. The number of benzene rings is 2. The smallest absolute Gasteiger partial charge is 0.0642 e. The molecular formula is C21H26N2O. The van der Waals surface area contributed by atoms with Crippen LogP contribution in [0.1, 0.15) is 43.5 Å². The first-order valence-corrected chi connectivity index (χ1v) is 8.66. The molecule has 126 valence electrons. The maximum atomic E-state index is 9.70. The fourth-order valence-electron chi connectivity index (χ4n) is 4.09. The Bertz CT molecular complexity index is 681. The number of nitrogens with zero attached hydrogens (tertiary/aromatic N) is 2. The Kier molecular flexibility index (Phi) is 5.00. The molecule has 2 aromatic carbocycles. The summed E-state index contributed by atoms with van der Waals surface area (Å²) in [4.78, 5) is 2.45. The van der Waals surface area contributed by atoms with E-state index in [-0.39, 0.29) is 18.0 Å². The summed E-state index contributed by atoms with van der Waals surface area (Å²) in [6.07, 6.45) is 0.767. The molecular weight excluding hydrogens is 296 g/mol. The lowest BCUT2D eigenvalue weighted by Gasteiger charge is -2.46. The van der Waals surface area contributed by atoms with Crippen LogP contribution < -0.4 is 0 Å². The first-order chi connectivity index (χ1) is 11.6. The summed E-state index contributed by atoms with van der Waals surface area (Å²) in [6.45, 7) is 4.42. The molecule has 24 heavy (non-hydrogen) atoms. The molecule has 1 aliphatic heterocycles. The average molecular weight is 322 g/mol. The molecule has 1 heterocycles. The third-order valence-electron chi connectivity index (χ3n) is 5.23. The molecule has 0 radical (unpaired) electrons. The highest BCUT2D eigenvalue weighted by molar-refractivity contribution is 5.89. The minimum absolute atomic E-state index is 0.205. The first kappa shape index (κ1) is 16.7. The average Bonchev–Trinajstić information content (AvgIpc) is 2.62. The van der Waals surface area contributed by atoms with Gasteiger partial charge in [-0.1, -0.05) is 79.7 Å². The predicted octanol–water partition coefficient (Wildman–Crippen LogP) is 4.91. The second-order valence-corrected chi connectivity index (χ2v) is 7.01. The fourth-order valence-corrected chi connectivity index (χ4v) is 4.09. The minimum Gasteiger partial charge on any atom is -0.411 e.